The van der Waals surface area contributed by atoms with E-state index in [2.05, 4.69) is 30.5 Å². The van der Waals surface area contributed by atoms with Crippen molar-refractivity contribution in [2.45, 2.75) is 142 Å². The molecule has 0 spiro atoms. The van der Waals surface area contributed by atoms with Gasteiger partial charge in [0.1, 0.15) is 6.61 Å². The number of phosphoric acid groups is 1. The summed E-state index contributed by atoms with van der Waals surface area (Å²) in [6, 6.07) is 0. The van der Waals surface area contributed by atoms with Crippen molar-refractivity contribution < 1.29 is 37.9 Å². The molecular formula is C28H53O8P. The van der Waals surface area contributed by atoms with Crippen LogP contribution < -0.4 is 0 Å². The van der Waals surface area contributed by atoms with E-state index in [0.717, 1.165) is 51.4 Å². The van der Waals surface area contributed by atoms with E-state index >= 15 is 0 Å². The predicted molar refractivity (Wildman–Crippen MR) is 147 cm³/mol. The van der Waals surface area contributed by atoms with Crippen LogP contribution in [-0.2, 0) is 28.2 Å². The highest BCUT2D eigenvalue weighted by Gasteiger charge is 2.22. The summed E-state index contributed by atoms with van der Waals surface area (Å²) in [7, 11) is -4.73. The Kier molecular flexibility index (Phi) is 24.3. The van der Waals surface area contributed by atoms with Gasteiger partial charge < -0.3 is 19.3 Å². The van der Waals surface area contributed by atoms with Crippen LogP contribution in [0.25, 0.3) is 0 Å². The van der Waals surface area contributed by atoms with E-state index < -0.39 is 32.5 Å². The first-order chi connectivity index (χ1) is 17.8. The molecule has 218 valence electrons. The summed E-state index contributed by atoms with van der Waals surface area (Å²) in [5.74, 6) is -0.904. The first-order valence-electron chi connectivity index (χ1n) is 14.5. The molecule has 0 aliphatic rings. The molecule has 0 amide bonds. The highest BCUT2D eigenvalue weighted by molar-refractivity contribution is 7.46. The number of unbranched alkanes of at least 4 members (excludes halogenated alkanes) is 14. The largest absolute Gasteiger partial charge is 0.469 e. The van der Waals surface area contributed by atoms with Gasteiger partial charge in [0.15, 0.2) is 6.10 Å². The maximum absolute atomic E-state index is 12.1. The summed E-state index contributed by atoms with van der Waals surface area (Å²) in [4.78, 5) is 42.1. The van der Waals surface area contributed by atoms with Gasteiger partial charge in [0.25, 0.3) is 0 Å². The summed E-state index contributed by atoms with van der Waals surface area (Å²) < 4.78 is 26.0. The lowest BCUT2D eigenvalue weighted by molar-refractivity contribution is -0.161. The van der Waals surface area contributed by atoms with Gasteiger partial charge in [0, 0.05) is 12.8 Å². The normalized spacial score (nSPS) is 12.6. The van der Waals surface area contributed by atoms with Crippen LogP contribution in [0.2, 0.25) is 0 Å². The lowest BCUT2D eigenvalue weighted by atomic mass is 10.1. The van der Waals surface area contributed by atoms with Gasteiger partial charge in [0.05, 0.1) is 6.61 Å². The molecule has 0 radical (unpaired) electrons. The number of carbonyl (C=O) groups is 2. The molecule has 0 aromatic carbocycles. The zero-order valence-corrected chi connectivity index (χ0v) is 24.3. The number of hydrogen-bond acceptors (Lipinski definition) is 6. The topological polar surface area (TPSA) is 119 Å². The average Bonchev–Trinajstić information content (AvgIpc) is 2.85. The Hall–Kier alpha value is -1.21. The second-order valence-electron chi connectivity index (χ2n) is 9.73. The lowest BCUT2D eigenvalue weighted by Crippen LogP contribution is -2.29. The van der Waals surface area contributed by atoms with Crippen LogP contribution in [0.1, 0.15) is 136 Å². The average molecular weight is 549 g/mol. The fourth-order valence-corrected chi connectivity index (χ4v) is 4.20. The first-order valence-corrected chi connectivity index (χ1v) is 16.0. The molecule has 0 fully saturated rings. The summed E-state index contributed by atoms with van der Waals surface area (Å²) in [5, 5.41) is 0. The molecule has 1 atom stereocenters. The zero-order valence-electron chi connectivity index (χ0n) is 23.4. The predicted octanol–water partition coefficient (Wildman–Crippen LogP) is 7.56. The second kappa shape index (κ2) is 25.1. The van der Waals surface area contributed by atoms with Crippen molar-refractivity contribution in [3.05, 3.63) is 12.2 Å². The third kappa shape index (κ3) is 27.6. The fraction of sp³-hybridized carbons (Fsp3) is 0.857. The van der Waals surface area contributed by atoms with Crippen molar-refractivity contribution in [3.63, 3.8) is 0 Å². The Morgan fingerprint density at radius 1 is 0.676 bits per heavy atom. The van der Waals surface area contributed by atoms with E-state index in [1.165, 1.54) is 44.9 Å². The van der Waals surface area contributed by atoms with Crippen LogP contribution in [0.3, 0.4) is 0 Å². The van der Waals surface area contributed by atoms with Gasteiger partial charge in [0.2, 0.25) is 0 Å². The molecule has 0 bridgehead atoms. The fourth-order valence-electron chi connectivity index (χ4n) is 3.84. The summed E-state index contributed by atoms with van der Waals surface area (Å²) in [5.41, 5.74) is 0. The molecule has 2 N–H and O–H groups in total. The number of rotatable bonds is 26. The molecule has 0 heterocycles. The molecule has 8 nitrogen and oxygen atoms in total. The molecule has 0 aromatic rings. The van der Waals surface area contributed by atoms with Gasteiger partial charge in [-0.15, -0.1) is 0 Å². The number of carbonyl (C=O) groups excluding carboxylic acids is 2. The van der Waals surface area contributed by atoms with Gasteiger partial charge in [-0.05, 0) is 38.5 Å². The van der Waals surface area contributed by atoms with Crippen LogP contribution in [0.5, 0.6) is 0 Å². The van der Waals surface area contributed by atoms with Crippen LogP contribution in [0.15, 0.2) is 12.2 Å². The van der Waals surface area contributed by atoms with E-state index in [1.807, 2.05) is 0 Å². The SMILES string of the molecule is CCCCC/C=C/CCCCCCCC(=O)OC[C@H](COP(=O)(O)O)OC(=O)CCCCCCCCC. The lowest BCUT2D eigenvalue weighted by Gasteiger charge is -2.18. The molecule has 0 unspecified atom stereocenters. The van der Waals surface area contributed by atoms with Crippen LogP contribution in [-0.4, -0.2) is 41.0 Å². The van der Waals surface area contributed by atoms with E-state index in [0.29, 0.717) is 12.8 Å². The molecule has 37 heavy (non-hydrogen) atoms. The molecule has 0 aliphatic heterocycles. The number of hydrogen-bond donors (Lipinski definition) is 2. The Morgan fingerprint density at radius 2 is 1.14 bits per heavy atom. The minimum atomic E-state index is -4.73. The van der Waals surface area contributed by atoms with Crippen LogP contribution in [0, 0.1) is 0 Å². The van der Waals surface area contributed by atoms with E-state index in [9.17, 15) is 14.2 Å². The molecular weight excluding hydrogens is 495 g/mol. The quantitative estimate of drug-likeness (QED) is 0.0492. The van der Waals surface area contributed by atoms with Crippen molar-refractivity contribution in [1.29, 1.82) is 0 Å². The molecule has 0 aliphatic carbocycles. The van der Waals surface area contributed by atoms with Crippen molar-refractivity contribution in [1.82, 2.24) is 0 Å². The maximum Gasteiger partial charge on any atom is 0.469 e. The monoisotopic (exact) mass is 548 g/mol. The van der Waals surface area contributed by atoms with E-state index in [4.69, 9.17) is 19.3 Å². The van der Waals surface area contributed by atoms with Gasteiger partial charge in [-0.3, -0.25) is 14.1 Å². The highest BCUT2D eigenvalue weighted by atomic mass is 31.2. The van der Waals surface area contributed by atoms with Gasteiger partial charge >= 0.3 is 19.8 Å². The molecule has 0 rings (SSSR count). The molecule has 0 saturated carbocycles. The van der Waals surface area contributed by atoms with Crippen molar-refractivity contribution in [2.75, 3.05) is 13.2 Å². The van der Waals surface area contributed by atoms with Crippen LogP contribution >= 0.6 is 7.82 Å². The second-order valence-corrected chi connectivity index (χ2v) is 11.0. The number of allylic oxidation sites excluding steroid dienone is 2. The third-order valence-electron chi connectivity index (χ3n) is 6.03. The molecule has 0 saturated heterocycles. The molecule has 0 aromatic heterocycles. The van der Waals surface area contributed by atoms with E-state index in [-0.39, 0.29) is 19.4 Å². The van der Waals surface area contributed by atoms with Crippen LogP contribution in [0.4, 0.5) is 0 Å². The Labute approximate surface area is 225 Å². The number of phosphoric ester groups is 1. The first kappa shape index (κ1) is 35.8. The minimum absolute atomic E-state index is 0.211. The summed E-state index contributed by atoms with van der Waals surface area (Å²) in [6.07, 6.45) is 22.5. The third-order valence-corrected chi connectivity index (χ3v) is 6.52. The van der Waals surface area contributed by atoms with Crippen molar-refractivity contribution in [2.24, 2.45) is 0 Å². The van der Waals surface area contributed by atoms with Gasteiger partial charge in [-0.25, -0.2) is 4.57 Å². The Bertz CT molecular complexity index is 632. The summed E-state index contributed by atoms with van der Waals surface area (Å²) >= 11 is 0. The standard InChI is InChI=1S/C28H53O8P/c1-3-5-7-9-11-12-13-14-15-17-18-20-22-27(29)34-24-26(25-35-37(31,32)33)36-28(30)23-21-19-16-10-8-6-4-2/h11-12,26H,3-10,13-25H2,1-2H3,(H2,31,32,33)/b12-11+/t26-/m1/s1. The zero-order chi connectivity index (χ0) is 27.6. The Morgan fingerprint density at radius 3 is 1.70 bits per heavy atom. The highest BCUT2D eigenvalue weighted by Crippen LogP contribution is 2.35. The van der Waals surface area contributed by atoms with Gasteiger partial charge in [-0.2, -0.15) is 0 Å². The Balaban J connectivity index is 4.06. The number of esters is 2. The molecule has 9 heteroatoms. The van der Waals surface area contributed by atoms with Crippen molar-refractivity contribution in [3.8, 4) is 0 Å². The maximum atomic E-state index is 12.1. The number of ether oxygens (including phenoxy) is 2. The smallest absolute Gasteiger partial charge is 0.462 e. The van der Waals surface area contributed by atoms with E-state index in [1.54, 1.807) is 0 Å². The van der Waals surface area contributed by atoms with Crippen molar-refractivity contribution >= 4 is 19.8 Å². The minimum Gasteiger partial charge on any atom is -0.462 e. The summed E-state index contributed by atoms with van der Waals surface area (Å²) in [6.45, 7) is 3.55. The van der Waals surface area contributed by atoms with Gasteiger partial charge in [-0.1, -0.05) is 96.6 Å².